The SMILES string of the molecule is CC(F)C(F)(F)C(F)(F)C(F)(F)C(F)(F)C(F)(F)S(=O)(=O)O. The van der Waals surface area contributed by atoms with Crippen LogP contribution in [0.15, 0.2) is 0 Å². The van der Waals surface area contributed by atoms with E-state index < -0.39 is 52.2 Å². The predicted octanol–water partition coefficient (Wildman–Crippen LogP) is 3.37. The zero-order chi connectivity index (χ0) is 18.6. The van der Waals surface area contributed by atoms with Crippen molar-refractivity contribution in [3.63, 3.8) is 0 Å². The molecule has 134 valence electrons. The third-order valence-electron chi connectivity index (χ3n) is 2.40. The average molecular weight is 378 g/mol. The molecule has 0 fully saturated rings. The Balaban J connectivity index is 6.36. The Morgan fingerprint density at radius 1 is 0.773 bits per heavy atom. The minimum atomic E-state index is -7.75. The summed E-state index contributed by atoms with van der Waals surface area (Å²) >= 11 is 0. The topological polar surface area (TPSA) is 54.4 Å². The number of hydrogen-bond donors (Lipinski definition) is 1. The molecule has 15 heteroatoms. The maximum atomic E-state index is 12.9. The molecule has 0 saturated heterocycles. The molecule has 0 amide bonds. The van der Waals surface area contributed by atoms with Crippen LogP contribution in [0.2, 0.25) is 0 Å². The van der Waals surface area contributed by atoms with Gasteiger partial charge in [0.1, 0.15) is 0 Å². The molecule has 1 N–H and O–H groups in total. The fourth-order valence-electron chi connectivity index (χ4n) is 1.00. The standard InChI is InChI=1S/C7H5F11O3S/c1-2(8)3(9,10)4(11,12)5(13,14)6(15,16)7(17,18)22(19,20)21/h2H,1H3,(H,19,20,21). The summed E-state index contributed by atoms with van der Waals surface area (Å²) in [4.78, 5) is 0. The van der Waals surface area contributed by atoms with Crippen LogP contribution in [-0.2, 0) is 10.1 Å². The van der Waals surface area contributed by atoms with Gasteiger partial charge in [0.2, 0.25) is 0 Å². The van der Waals surface area contributed by atoms with Crippen LogP contribution in [0, 0.1) is 0 Å². The summed E-state index contributed by atoms with van der Waals surface area (Å²) in [6, 6.07) is 0. The van der Waals surface area contributed by atoms with Crippen LogP contribution in [0.3, 0.4) is 0 Å². The molecule has 0 heterocycles. The first-order valence-corrected chi connectivity index (χ1v) is 6.13. The molecule has 0 rings (SSSR count). The van der Waals surface area contributed by atoms with Gasteiger partial charge in [-0.2, -0.15) is 52.3 Å². The smallest absolute Gasteiger partial charge is 0.281 e. The molecule has 0 saturated carbocycles. The Morgan fingerprint density at radius 2 is 1.09 bits per heavy atom. The summed E-state index contributed by atoms with van der Waals surface area (Å²) in [5.41, 5.74) is 0. The zero-order valence-corrected chi connectivity index (χ0v) is 10.7. The van der Waals surface area contributed by atoms with Crippen molar-refractivity contribution in [1.82, 2.24) is 0 Å². The molecule has 0 aromatic rings. The van der Waals surface area contributed by atoms with Gasteiger partial charge in [0.05, 0.1) is 0 Å². The Labute approximate surface area is 114 Å². The Kier molecular flexibility index (Phi) is 4.87. The van der Waals surface area contributed by atoms with E-state index in [1.807, 2.05) is 0 Å². The lowest BCUT2D eigenvalue weighted by atomic mass is 9.96. The molecule has 1 unspecified atom stereocenters. The van der Waals surface area contributed by atoms with Gasteiger partial charge in [0.15, 0.2) is 6.17 Å². The molecule has 1 atom stereocenters. The lowest BCUT2D eigenvalue weighted by Gasteiger charge is -2.38. The highest BCUT2D eigenvalue weighted by Crippen LogP contribution is 2.58. The molecule has 0 aliphatic rings. The largest absolute Gasteiger partial charge is 0.438 e. The highest BCUT2D eigenvalue weighted by molar-refractivity contribution is 7.87. The molecular weight excluding hydrogens is 373 g/mol. The normalized spacial score (nSPS) is 17.5. The van der Waals surface area contributed by atoms with Gasteiger partial charge in [0, 0.05) is 0 Å². The summed E-state index contributed by atoms with van der Waals surface area (Å²) in [6.07, 6.45) is -4.19. The van der Waals surface area contributed by atoms with E-state index in [1.54, 1.807) is 0 Å². The van der Waals surface area contributed by atoms with Crippen molar-refractivity contribution < 1.29 is 61.3 Å². The second-order valence-electron chi connectivity index (χ2n) is 3.95. The minimum Gasteiger partial charge on any atom is -0.281 e. The van der Waals surface area contributed by atoms with Gasteiger partial charge in [-0.15, -0.1) is 0 Å². The van der Waals surface area contributed by atoms with Crippen LogP contribution in [0.4, 0.5) is 48.3 Å². The predicted molar refractivity (Wildman–Crippen MR) is 46.9 cm³/mol. The molecular formula is C7H5F11O3S. The van der Waals surface area contributed by atoms with Gasteiger partial charge in [-0.25, -0.2) is 4.39 Å². The van der Waals surface area contributed by atoms with Crippen molar-refractivity contribution in [3.05, 3.63) is 0 Å². The van der Waals surface area contributed by atoms with Crippen molar-refractivity contribution in [2.75, 3.05) is 0 Å². The maximum Gasteiger partial charge on any atom is 0.438 e. The second kappa shape index (κ2) is 5.07. The summed E-state index contributed by atoms with van der Waals surface area (Å²) in [6.45, 7) is -0.455. The fourth-order valence-corrected chi connectivity index (χ4v) is 1.45. The number of alkyl halides is 11. The van der Waals surface area contributed by atoms with Gasteiger partial charge in [0.25, 0.3) is 0 Å². The molecule has 0 aliphatic heterocycles. The van der Waals surface area contributed by atoms with E-state index in [9.17, 15) is 56.7 Å². The molecule has 22 heavy (non-hydrogen) atoms. The first kappa shape index (κ1) is 21.1. The van der Waals surface area contributed by atoms with E-state index in [-0.39, 0.29) is 0 Å². The Morgan fingerprint density at radius 3 is 1.32 bits per heavy atom. The van der Waals surface area contributed by atoms with Crippen LogP contribution in [-0.4, -0.2) is 48.1 Å². The summed E-state index contributed by atoms with van der Waals surface area (Å²) in [7, 11) is -7.40. The molecule has 0 aromatic heterocycles. The average Bonchev–Trinajstić information content (AvgIpc) is 2.25. The van der Waals surface area contributed by atoms with Gasteiger partial charge in [-0.3, -0.25) is 4.55 Å². The third kappa shape index (κ3) is 2.51. The van der Waals surface area contributed by atoms with Crippen LogP contribution in [0.25, 0.3) is 0 Å². The lowest BCUT2D eigenvalue weighted by molar-refractivity contribution is -0.396. The number of rotatable bonds is 6. The van der Waals surface area contributed by atoms with Gasteiger partial charge >= 0.3 is 39.1 Å². The monoisotopic (exact) mass is 378 g/mol. The fraction of sp³-hybridized carbons (Fsp3) is 1.00. The van der Waals surface area contributed by atoms with E-state index in [0.29, 0.717) is 0 Å². The van der Waals surface area contributed by atoms with E-state index in [2.05, 4.69) is 0 Å². The van der Waals surface area contributed by atoms with Crippen molar-refractivity contribution in [3.8, 4) is 0 Å². The van der Waals surface area contributed by atoms with E-state index in [1.165, 1.54) is 0 Å². The summed E-state index contributed by atoms with van der Waals surface area (Å²) < 4.78 is 167. The van der Waals surface area contributed by atoms with Crippen molar-refractivity contribution in [2.24, 2.45) is 0 Å². The molecule has 0 aliphatic carbocycles. The molecule has 0 aromatic carbocycles. The van der Waals surface area contributed by atoms with Crippen molar-refractivity contribution >= 4 is 10.1 Å². The maximum absolute atomic E-state index is 12.9. The van der Waals surface area contributed by atoms with Crippen LogP contribution in [0.1, 0.15) is 6.92 Å². The molecule has 3 nitrogen and oxygen atoms in total. The van der Waals surface area contributed by atoms with Gasteiger partial charge < -0.3 is 0 Å². The van der Waals surface area contributed by atoms with Crippen molar-refractivity contribution in [1.29, 1.82) is 0 Å². The van der Waals surface area contributed by atoms with Crippen molar-refractivity contribution in [2.45, 2.75) is 42.0 Å². The summed E-state index contributed by atoms with van der Waals surface area (Å²) in [5.74, 6) is -29.4. The minimum absolute atomic E-state index is 0.455. The Bertz CT molecular complexity index is 524. The molecule has 0 radical (unpaired) electrons. The van der Waals surface area contributed by atoms with E-state index in [4.69, 9.17) is 4.55 Å². The highest BCUT2D eigenvalue weighted by atomic mass is 32.2. The zero-order valence-electron chi connectivity index (χ0n) is 9.91. The Hall–Kier alpha value is -0.860. The first-order chi connectivity index (χ1) is 9.19. The summed E-state index contributed by atoms with van der Waals surface area (Å²) in [5, 5.41) is -7.26. The third-order valence-corrected chi connectivity index (χ3v) is 3.30. The van der Waals surface area contributed by atoms with Crippen LogP contribution in [0.5, 0.6) is 0 Å². The number of hydrogen-bond acceptors (Lipinski definition) is 2. The van der Waals surface area contributed by atoms with Gasteiger partial charge in [-0.05, 0) is 6.92 Å². The quantitative estimate of drug-likeness (QED) is 0.570. The lowest BCUT2D eigenvalue weighted by Crippen LogP contribution is -2.69. The van der Waals surface area contributed by atoms with E-state index in [0.717, 1.165) is 0 Å². The van der Waals surface area contributed by atoms with E-state index >= 15 is 0 Å². The molecule has 0 bridgehead atoms. The highest BCUT2D eigenvalue weighted by Gasteiger charge is 2.89. The molecule has 0 spiro atoms. The first-order valence-electron chi connectivity index (χ1n) is 4.69. The van der Waals surface area contributed by atoms with Gasteiger partial charge in [-0.1, -0.05) is 0 Å². The van der Waals surface area contributed by atoms with Crippen LogP contribution >= 0.6 is 0 Å². The second-order valence-corrected chi connectivity index (χ2v) is 5.42. The number of halogens is 11. The van der Waals surface area contributed by atoms with Crippen LogP contribution < -0.4 is 0 Å².